The first-order valence-corrected chi connectivity index (χ1v) is 8.66. The molecule has 1 aliphatic carbocycles. The van der Waals surface area contributed by atoms with Gasteiger partial charge in [0, 0.05) is 12.5 Å². The summed E-state index contributed by atoms with van der Waals surface area (Å²) in [6.45, 7) is 5.88. The zero-order chi connectivity index (χ0) is 17.3. The molecule has 132 valence electrons. The van der Waals surface area contributed by atoms with E-state index in [4.69, 9.17) is 27.2 Å². The first-order valence-electron chi connectivity index (χ1n) is 8.28. The van der Waals surface area contributed by atoms with Crippen LogP contribution in [0.1, 0.15) is 51.3 Å². The highest BCUT2D eigenvalue weighted by molar-refractivity contribution is 6.32. The molecule has 0 radical (unpaired) electrons. The van der Waals surface area contributed by atoms with Gasteiger partial charge in [0.25, 0.3) is 0 Å². The zero-order valence-electron chi connectivity index (χ0n) is 14.1. The number of anilines is 1. The van der Waals surface area contributed by atoms with Crippen LogP contribution in [0.25, 0.3) is 5.52 Å². The summed E-state index contributed by atoms with van der Waals surface area (Å²) in [6, 6.07) is 0. The molecule has 1 unspecified atom stereocenters. The Hall–Kier alpha value is -1.44. The van der Waals surface area contributed by atoms with Crippen molar-refractivity contribution >= 4 is 23.1 Å². The highest BCUT2D eigenvalue weighted by Crippen LogP contribution is 2.50. The van der Waals surface area contributed by atoms with Crippen LogP contribution in [-0.4, -0.2) is 44.0 Å². The number of aromatic nitrogens is 4. The first kappa shape index (κ1) is 17.4. The maximum atomic E-state index is 8.78. The number of halogens is 1. The van der Waals surface area contributed by atoms with E-state index in [1.807, 2.05) is 0 Å². The van der Waals surface area contributed by atoms with Gasteiger partial charge in [-0.2, -0.15) is 0 Å². The number of aliphatic hydroxyl groups is 1. The van der Waals surface area contributed by atoms with Crippen LogP contribution >= 0.6 is 11.6 Å². The molecule has 2 fully saturated rings. The van der Waals surface area contributed by atoms with Gasteiger partial charge in [0.2, 0.25) is 5.95 Å². The fourth-order valence-electron chi connectivity index (χ4n) is 3.33. The summed E-state index contributed by atoms with van der Waals surface area (Å²) in [5.74, 6) is 1.56. The van der Waals surface area contributed by atoms with E-state index < -0.39 is 0 Å². The molecule has 1 atom stereocenters. The van der Waals surface area contributed by atoms with Crippen molar-refractivity contribution in [2.24, 2.45) is 5.41 Å². The van der Waals surface area contributed by atoms with Crippen molar-refractivity contribution in [3.05, 3.63) is 17.2 Å². The molecule has 0 bridgehead atoms. The van der Waals surface area contributed by atoms with Gasteiger partial charge in [-0.05, 0) is 31.1 Å². The monoisotopic (exact) mass is 353 g/mol. The SMILES string of the molecule is CC1(C)CC(c2nc(Cl)c3cnc(N)nn23)C1.OC1CCCOC1. The molecule has 3 N–H and O–H groups in total. The van der Waals surface area contributed by atoms with Crippen molar-refractivity contribution in [1.29, 1.82) is 0 Å². The van der Waals surface area contributed by atoms with Crippen LogP contribution in [0.3, 0.4) is 0 Å². The van der Waals surface area contributed by atoms with Crippen LogP contribution in [0, 0.1) is 5.41 Å². The molecule has 0 aromatic carbocycles. The van der Waals surface area contributed by atoms with Gasteiger partial charge in [-0.3, -0.25) is 0 Å². The lowest BCUT2D eigenvalue weighted by atomic mass is 9.64. The topological polar surface area (TPSA) is 98.6 Å². The molecule has 3 heterocycles. The van der Waals surface area contributed by atoms with Crippen molar-refractivity contribution < 1.29 is 9.84 Å². The molecule has 2 aliphatic rings. The second kappa shape index (κ2) is 6.82. The molecular weight excluding hydrogens is 330 g/mol. The van der Waals surface area contributed by atoms with Gasteiger partial charge >= 0.3 is 0 Å². The average Bonchev–Trinajstić information content (AvgIpc) is 2.82. The van der Waals surface area contributed by atoms with Gasteiger partial charge in [0.05, 0.1) is 18.9 Å². The summed E-state index contributed by atoms with van der Waals surface area (Å²) in [5, 5.41) is 13.4. The van der Waals surface area contributed by atoms with E-state index in [1.54, 1.807) is 10.7 Å². The minimum Gasteiger partial charge on any atom is -0.391 e. The minimum absolute atomic E-state index is 0.186. The summed E-state index contributed by atoms with van der Waals surface area (Å²) < 4.78 is 6.66. The second-order valence-corrected chi connectivity index (χ2v) is 7.67. The van der Waals surface area contributed by atoms with Crippen LogP contribution < -0.4 is 5.73 Å². The van der Waals surface area contributed by atoms with Crippen molar-refractivity contribution in [1.82, 2.24) is 19.6 Å². The number of nitrogens with two attached hydrogens (primary N) is 1. The van der Waals surface area contributed by atoms with Crippen LogP contribution in [0.15, 0.2) is 6.20 Å². The number of imidazole rings is 1. The summed E-state index contributed by atoms with van der Waals surface area (Å²) in [4.78, 5) is 8.32. The van der Waals surface area contributed by atoms with Crippen LogP contribution in [0.2, 0.25) is 5.15 Å². The Balaban J connectivity index is 0.000000203. The van der Waals surface area contributed by atoms with Crippen molar-refractivity contribution in [2.75, 3.05) is 18.9 Å². The lowest BCUT2D eigenvalue weighted by molar-refractivity contribution is -0.00535. The number of aliphatic hydroxyl groups excluding tert-OH is 1. The van der Waals surface area contributed by atoms with E-state index >= 15 is 0 Å². The van der Waals surface area contributed by atoms with Crippen molar-refractivity contribution in [3.63, 3.8) is 0 Å². The molecule has 1 saturated heterocycles. The highest BCUT2D eigenvalue weighted by Gasteiger charge is 2.39. The third-order valence-electron chi connectivity index (χ3n) is 4.49. The normalized spacial score (nSPS) is 23.4. The summed E-state index contributed by atoms with van der Waals surface area (Å²) in [5.41, 5.74) is 6.71. The number of hydrogen-bond donors (Lipinski definition) is 2. The number of ether oxygens (including phenoxy) is 1. The van der Waals surface area contributed by atoms with Crippen molar-refractivity contribution in [3.8, 4) is 0 Å². The van der Waals surface area contributed by atoms with Gasteiger partial charge in [0.1, 0.15) is 11.3 Å². The van der Waals surface area contributed by atoms with Gasteiger partial charge in [-0.15, -0.1) is 5.10 Å². The minimum atomic E-state index is -0.186. The molecule has 24 heavy (non-hydrogen) atoms. The summed E-state index contributed by atoms with van der Waals surface area (Å²) >= 11 is 6.07. The number of hydrogen-bond acceptors (Lipinski definition) is 6. The Kier molecular flexibility index (Phi) is 4.94. The van der Waals surface area contributed by atoms with E-state index in [9.17, 15) is 0 Å². The largest absolute Gasteiger partial charge is 0.391 e. The standard InChI is InChI=1S/C11H14ClN5.C5H10O2/c1-11(2)3-6(4-11)9-15-8(12)7-5-14-10(13)16-17(7)9;6-5-2-1-3-7-4-5/h5-6H,3-4H2,1-2H3,(H2,13,16);5-6H,1-4H2. The number of nitrogens with zero attached hydrogens (tertiary/aromatic N) is 4. The maximum Gasteiger partial charge on any atom is 0.238 e. The molecule has 0 spiro atoms. The van der Waals surface area contributed by atoms with Crippen LogP contribution in [0.4, 0.5) is 5.95 Å². The third kappa shape index (κ3) is 3.79. The Morgan fingerprint density at radius 1 is 1.42 bits per heavy atom. The summed E-state index contributed by atoms with van der Waals surface area (Å²) in [6.07, 6.45) is 5.57. The van der Waals surface area contributed by atoms with E-state index in [0.717, 1.165) is 43.6 Å². The molecule has 1 saturated carbocycles. The lowest BCUT2D eigenvalue weighted by Crippen LogP contribution is -2.31. The van der Waals surface area contributed by atoms with Gasteiger partial charge in [-0.25, -0.2) is 14.5 Å². The Morgan fingerprint density at radius 3 is 2.71 bits per heavy atom. The number of nitrogen functional groups attached to an aromatic ring is 1. The Morgan fingerprint density at radius 2 is 2.17 bits per heavy atom. The van der Waals surface area contributed by atoms with Crippen LogP contribution in [-0.2, 0) is 4.74 Å². The quantitative estimate of drug-likeness (QED) is 0.816. The molecule has 2 aromatic rings. The first-order chi connectivity index (χ1) is 11.4. The van der Waals surface area contributed by atoms with E-state index in [-0.39, 0.29) is 12.1 Å². The van der Waals surface area contributed by atoms with Gasteiger partial charge < -0.3 is 15.6 Å². The van der Waals surface area contributed by atoms with E-state index in [1.165, 1.54) is 0 Å². The molecule has 1 aliphatic heterocycles. The third-order valence-corrected chi connectivity index (χ3v) is 4.77. The Labute approximate surface area is 146 Å². The zero-order valence-corrected chi connectivity index (χ0v) is 14.8. The molecule has 8 heteroatoms. The second-order valence-electron chi connectivity index (χ2n) is 7.31. The molecule has 4 rings (SSSR count). The highest BCUT2D eigenvalue weighted by atomic mass is 35.5. The molecule has 0 amide bonds. The fraction of sp³-hybridized carbons (Fsp3) is 0.688. The predicted molar refractivity (Wildman–Crippen MR) is 92.0 cm³/mol. The van der Waals surface area contributed by atoms with E-state index in [0.29, 0.717) is 23.1 Å². The molecular formula is C16H24ClN5O2. The average molecular weight is 354 g/mol. The molecule has 7 nitrogen and oxygen atoms in total. The van der Waals surface area contributed by atoms with Gasteiger partial charge in [-0.1, -0.05) is 25.4 Å². The number of rotatable bonds is 1. The Bertz CT molecular complexity index is 704. The van der Waals surface area contributed by atoms with Gasteiger partial charge in [0.15, 0.2) is 5.15 Å². The fourth-order valence-corrected chi connectivity index (χ4v) is 3.54. The lowest BCUT2D eigenvalue weighted by Gasteiger charge is -2.41. The van der Waals surface area contributed by atoms with Crippen LogP contribution in [0.5, 0.6) is 0 Å². The van der Waals surface area contributed by atoms with Crippen molar-refractivity contribution in [2.45, 2.75) is 51.6 Å². The predicted octanol–water partition coefficient (Wildman–Crippen LogP) is 2.42. The smallest absolute Gasteiger partial charge is 0.238 e. The molecule has 2 aromatic heterocycles. The van der Waals surface area contributed by atoms with E-state index in [2.05, 4.69) is 28.9 Å². The number of fused-ring (bicyclic) bond motifs is 1. The maximum absolute atomic E-state index is 8.78. The summed E-state index contributed by atoms with van der Waals surface area (Å²) in [7, 11) is 0.